The maximum Gasteiger partial charge on any atom is 0.137 e. The van der Waals surface area contributed by atoms with E-state index in [1.807, 2.05) is 0 Å². The van der Waals surface area contributed by atoms with E-state index in [1.165, 1.54) is 54.2 Å². The maximum absolute atomic E-state index is 6.48. The second-order valence-electron chi connectivity index (χ2n) is 12.5. The van der Waals surface area contributed by atoms with E-state index in [-0.39, 0.29) is 0 Å². The van der Waals surface area contributed by atoms with Crippen molar-refractivity contribution in [1.29, 1.82) is 0 Å². The summed E-state index contributed by atoms with van der Waals surface area (Å²) in [6.45, 7) is 0. The molecule has 10 aromatic rings. The highest BCUT2D eigenvalue weighted by molar-refractivity contribution is 6.21. The van der Waals surface area contributed by atoms with E-state index >= 15 is 0 Å². The van der Waals surface area contributed by atoms with E-state index in [0.29, 0.717) is 0 Å². The minimum absolute atomic E-state index is 0.880. The second kappa shape index (κ2) is 10.6. The molecule has 10 rings (SSSR count). The fourth-order valence-corrected chi connectivity index (χ4v) is 7.59. The van der Waals surface area contributed by atoms with Crippen LogP contribution >= 0.6 is 0 Å². The van der Waals surface area contributed by atoms with Crippen molar-refractivity contribution in [3.63, 3.8) is 0 Å². The van der Waals surface area contributed by atoms with Crippen LogP contribution in [0.4, 0.5) is 17.1 Å². The van der Waals surface area contributed by atoms with E-state index in [1.54, 1.807) is 0 Å². The molecule has 1 aromatic heterocycles. The lowest BCUT2D eigenvalue weighted by atomic mass is 9.91. The van der Waals surface area contributed by atoms with Crippen molar-refractivity contribution >= 4 is 82.1 Å². The molecular weight excluding hydrogens is 583 g/mol. The number of benzene rings is 9. The number of hydrogen-bond donors (Lipinski definition) is 0. The number of rotatable bonds is 4. The van der Waals surface area contributed by atoms with Gasteiger partial charge in [-0.05, 0) is 103 Å². The van der Waals surface area contributed by atoms with Crippen LogP contribution in [0.25, 0.3) is 76.2 Å². The van der Waals surface area contributed by atoms with Crippen LogP contribution in [-0.2, 0) is 0 Å². The first-order valence-electron chi connectivity index (χ1n) is 16.4. The number of fused-ring (bicyclic) bond motifs is 9. The summed E-state index contributed by atoms with van der Waals surface area (Å²) in [5, 5.41) is 12.3. The molecule has 9 aromatic carbocycles. The van der Waals surface area contributed by atoms with E-state index in [2.05, 4.69) is 181 Å². The second-order valence-corrected chi connectivity index (χ2v) is 12.5. The molecule has 0 spiro atoms. The molecule has 0 N–H and O–H groups in total. The molecule has 224 valence electrons. The summed E-state index contributed by atoms with van der Waals surface area (Å²) in [6, 6.07) is 63.3. The molecule has 0 aliphatic heterocycles. The predicted molar refractivity (Wildman–Crippen MR) is 204 cm³/mol. The van der Waals surface area contributed by atoms with Gasteiger partial charge in [0.05, 0.1) is 11.1 Å². The molecule has 2 heteroatoms. The van der Waals surface area contributed by atoms with Gasteiger partial charge in [-0.2, -0.15) is 0 Å². The zero-order valence-corrected chi connectivity index (χ0v) is 26.1. The first-order chi connectivity index (χ1) is 23.8. The Kier molecular flexibility index (Phi) is 5.91. The Bertz CT molecular complexity index is 2830. The Labute approximate surface area is 277 Å². The van der Waals surface area contributed by atoms with Crippen molar-refractivity contribution in [2.75, 3.05) is 4.90 Å². The number of para-hydroxylation sites is 1. The van der Waals surface area contributed by atoms with E-state index in [9.17, 15) is 0 Å². The molecule has 0 saturated carbocycles. The van der Waals surface area contributed by atoms with Crippen molar-refractivity contribution in [1.82, 2.24) is 0 Å². The van der Waals surface area contributed by atoms with E-state index in [4.69, 9.17) is 4.42 Å². The van der Waals surface area contributed by atoms with Crippen LogP contribution in [0, 0.1) is 0 Å². The Morgan fingerprint density at radius 3 is 1.88 bits per heavy atom. The van der Waals surface area contributed by atoms with Gasteiger partial charge in [0.1, 0.15) is 11.2 Å². The van der Waals surface area contributed by atoms with E-state index in [0.717, 1.165) is 39.0 Å². The van der Waals surface area contributed by atoms with Crippen molar-refractivity contribution < 1.29 is 4.42 Å². The smallest absolute Gasteiger partial charge is 0.137 e. The van der Waals surface area contributed by atoms with Gasteiger partial charge >= 0.3 is 0 Å². The monoisotopic (exact) mass is 611 g/mol. The predicted octanol–water partition coefficient (Wildman–Crippen LogP) is 13.3. The Hall–Kier alpha value is -6.38. The normalized spacial score (nSPS) is 11.8. The quantitative estimate of drug-likeness (QED) is 0.184. The number of furan rings is 1. The molecule has 1 heterocycles. The summed E-state index contributed by atoms with van der Waals surface area (Å²) >= 11 is 0. The summed E-state index contributed by atoms with van der Waals surface area (Å²) in [5.74, 6) is 0. The van der Waals surface area contributed by atoms with Crippen molar-refractivity contribution in [3.05, 3.63) is 176 Å². The van der Waals surface area contributed by atoms with Crippen LogP contribution in [0.2, 0.25) is 0 Å². The molecule has 0 amide bonds. The first-order valence-corrected chi connectivity index (χ1v) is 16.4. The number of hydrogen-bond acceptors (Lipinski definition) is 2. The third-order valence-electron chi connectivity index (χ3n) is 9.80. The molecule has 0 bridgehead atoms. The summed E-state index contributed by atoms with van der Waals surface area (Å²) in [6.07, 6.45) is 0. The van der Waals surface area contributed by atoms with E-state index < -0.39 is 0 Å². The Morgan fingerprint density at radius 2 is 1.02 bits per heavy atom. The molecule has 0 radical (unpaired) electrons. The summed E-state index contributed by atoms with van der Waals surface area (Å²) in [7, 11) is 0. The highest BCUT2D eigenvalue weighted by Crippen LogP contribution is 2.44. The van der Waals surface area contributed by atoms with Gasteiger partial charge in [-0.1, -0.05) is 127 Å². The van der Waals surface area contributed by atoms with Crippen LogP contribution < -0.4 is 4.90 Å². The van der Waals surface area contributed by atoms with Gasteiger partial charge in [0.2, 0.25) is 0 Å². The zero-order valence-electron chi connectivity index (χ0n) is 26.1. The zero-order chi connectivity index (χ0) is 31.6. The molecule has 0 aliphatic rings. The minimum Gasteiger partial charge on any atom is -0.456 e. The molecule has 0 unspecified atom stereocenters. The average Bonchev–Trinajstić information content (AvgIpc) is 3.52. The first kappa shape index (κ1) is 26.8. The average molecular weight is 612 g/mol. The summed E-state index contributed by atoms with van der Waals surface area (Å²) in [5.41, 5.74) is 7.47. The molecule has 0 aliphatic carbocycles. The fraction of sp³-hybridized carbons (Fsp3) is 0. The highest BCUT2D eigenvalue weighted by Gasteiger charge is 2.20. The van der Waals surface area contributed by atoms with Gasteiger partial charge in [-0.15, -0.1) is 0 Å². The largest absolute Gasteiger partial charge is 0.456 e. The lowest BCUT2D eigenvalue weighted by Crippen LogP contribution is -2.10. The summed E-state index contributed by atoms with van der Waals surface area (Å²) in [4.78, 5) is 2.35. The van der Waals surface area contributed by atoms with Crippen LogP contribution in [0.15, 0.2) is 180 Å². The number of anilines is 3. The van der Waals surface area contributed by atoms with Gasteiger partial charge in [-0.25, -0.2) is 0 Å². The van der Waals surface area contributed by atoms with Crippen LogP contribution in [0.1, 0.15) is 0 Å². The third kappa shape index (κ3) is 4.13. The van der Waals surface area contributed by atoms with Crippen LogP contribution in [0.5, 0.6) is 0 Å². The maximum atomic E-state index is 6.48. The fourth-order valence-electron chi connectivity index (χ4n) is 7.59. The molecule has 0 saturated heterocycles. The Morgan fingerprint density at radius 1 is 0.354 bits per heavy atom. The Balaban J connectivity index is 1.16. The topological polar surface area (TPSA) is 16.4 Å². The lowest BCUT2D eigenvalue weighted by molar-refractivity contribution is 0.669. The van der Waals surface area contributed by atoms with Crippen molar-refractivity contribution in [2.45, 2.75) is 0 Å². The molecule has 48 heavy (non-hydrogen) atoms. The van der Waals surface area contributed by atoms with Crippen molar-refractivity contribution in [3.8, 4) is 11.1 Å². The van der Waals surface area contributed by atoms with Crippen molar-refractivity contribution in [2.24, 2.45) is 0 Å². The van der Waals surface area contributed by atoms with Gasteiger partial charge < -0.3 is 9.32 Å². The molecular formula is C46H29NO. The molecule has 2 nitrogen and oxygen atoms in total. The lowest BCUT2D eigenvalue weighted by Gasteiger charge is -2.26. The standard InChI is InChI=1S/C46H29NO/c1-2-14-35(15-3-1)47(42-18-9-19-43-46(42)41-28-33-11-4-5-12-34(33)29-44(41)48-43)36-24-20-31(21-25-36)38-17-8-13-32-23-26-39-37-16-7-6-10-30(37)22-27-40(39)45(32)38/h1-29H. The SMILES string of the molecule is c1ccc(N(c2ccc(-c3cccc4ccc5c6ccccc6ccc5c34)cc2)c2cccc3oc4cc5ccccc5cc4c23)cc1. The van der Waals surface area contributed by atoms with Crippen LogP contribution in [0.3, 0.4) is 0 Å². The van der Waals surface area contributed by atoms with Gasteiger partial charge in [0, 0.05) is 16.8 Å². The third-order valence-corrected chi connectivity index (χ3v) is 9.80. The van der Waals surface area contributed by atoms with Gasteiger partial charge in [0.15, 0.2) is 0 Å². The minimum atomic E-state index is 0.880. The van der Waals surface area contributed by atoms with Gasteiger partial charge in [-0.3, -0.25) is 0 Å². The molecule has 0 atom stereocenters. The number of nitrogens with zero attached hydrogens (tertiary/aromatic N) is 1. The highest BCUT2D eigenvalue weighted by atomic mass is 16.3. The summed E-state index contributed by atoms with van der Waals surface area (Å²) < 4.78 is 6.48. The molecule has 0 fully saturated rings. The van der Waals surface area contributed by atoms with Gasteiger partial charge in [0.25, 0.3) is 0 Å². The van der Waals surface area contributed by atoms with Crippen LogP contribution in [-0.4, -0.2) is 0 Å².